The molecule has 1 heterocycles. The van der Waals surface area contributed by atoms with Gasteiger partial charge in [-0.25, -0.2) is 0 Å². The highest BCUT2D eigenvalue weighted by Gasteiger charge is 2.28. The largest absolute Gasteiger partial charge is 0.497 e. The third-order valence-electron chi connectivity index (χ3n) is 5.55. The van der Waals surface area contributed by atoms with Crippen molar-refractivity contribution in [3.05, 3.63) is 89.5 Å². The fourth-order valence-electron chi connectivity index (χ4n) is 3.61. The molecular weight excluding hydrogens is 432 g/mol. The first kappa shape index (κ1) is 22.9. The summed E-state index contributed by atoms with van der Waals surface area (Å²) in [6.07, 6.45) is 3.13. The van der Waals surface area contributed by atoms with E-state index in [0.29, 0.717) is 28.5 Å². The summed E-state index contributed by atoms with van der Waals surface area (Å²) in [6, 6.07) is 19.2. The summed E-state index contributed by atoms with van der Waals surface area (Å²) in [5.41, 5.74) is 3.18. The molecular formula is C27H26N2O5. The van der Waals surface area contributed by atoms with Crippen molar-refractivity contribution in [1.29, 1.82) is 0 Å². The quantitative estimate of drug-likeness (QED) is 0.525. The van der Waals surface area contributed by atoms with Crippen LogP contribution in [0.4, 0.5) is 5.69 Å². The topological polar surface area (TPSA) is 77.1 Å². The predicted octanol–water partition coefficient (Wildman–Crippen LogP) is 4.58. The molecule has 1 aliphatic rings. The lowest BCUT2D eigenvalue weighted by atomic mass is 10.0. The number of rotatable bonds is 7. The summed E-state index contributed by atoms with van der Waals surface area (Å²) < 4.78 is 15.9. The van der Waals surface area contributed by atoms with E-state index in [1.165, 1.54) is 11.0 Å². The van der Waals surface area contributed by atoms with Gasteiger partial charge in [-0.1, -0.05) is 35.9 Å². The van der Waals surface area contributed by atoms with Crippen molar-refractivity contribution >= 4 is 23.6 Å². The zero-order valence-corrected chi connectivity index (χ0v) is 19.3. The van der Waals surface area contributed by atoms with Crippen molar-refractivity contribution < 1.29 is 23.8 Å². The van der Waals surface area contributed by atoms with Crippen LogP contribution in [-0.2, 0) is 9.59 Å². The van der Waals surface area contributed by atoms with Gasteiger partial charge in [-0.2, -0.15) is 0 Å². The number of aryl methyl sites for hydroxylation is 1. The van der Waals surface area contributed by atoms with Crippen molar-refractivity contribution in [2.24, 2.45) is 0 Å². The minimum absolute atomic E-state index is 0.186. The van der Waals surface area contributed by atoms with Gasteiger partial charge in [0.2, 0.25) is 12.7 Å². The molecule has 1 atom stereocenters. The summed E-state index contributed by atoms with van der Waals surface area (Å²) in [5.74, 6) is 1.37. The van der Waals surface area contributed by atoms with Gasteiger partial charge in [0.15, 0.2) is 11.5 Å². The molecule has 1 N–H and O–H groups in total. The minimum atomic E-state index is -0.823. The molecule has 0 bridgehead atoms. The van der Waals surface area contributed by atoms with Gasteiger partial charge < -0.3 is 24.4 Å². The van der Waals surface area contributed by atoms with Crippen LogP contribution in [0.1, 0.15) is 22.7 Å². The van der Waals surface area contributed by atoms with Crippen molar-refractivity contribution in [3.8, 4) is 17.2 Å². The normalized spacial score (nSPS) is 12.9. The minimum Gasteiger partial charge on any atom is -0.497 e. The molecule has 0 saturated heterocycles. The van der Waals surface area contributed by atoms with Crippen LogP contribution in [0.25, 0.3) is 6.08 Å². The van der Waals surface area contributed by atoms with Gasteiger partial charge in [0, 0.05) is 18.8 Å². The molecule has 0 fully saturated rings. The molecule has 0 saturated carbocycles. The number of nitrogens with zero attached hydrogens (tertiary/aromatic N) is 1. The number of nitrogens with one attached hydrogen (secondary N) is 1. The van der Waals surface area contributed by atoms with Crippen molar-refractivity contribution in [3.63, 3.8) is 0 Å². The number of hydrogen-bond donors (Lipinski definition) is 1. The van der Waals surface area contributed by atoms with E-state index in [9.17, 15) is 9.59 Å². The first-order chi connectivity index (χ1) is 16.4. The number of carbonyl (C=O) groups excluding carboxylic acids is 2. The molecule has 1 aliphatic heterocycles. The Morgan fingerprint density at radius 1 is 1.00 bits per heavy atom. The van der Waals surface area contributed by atoms with Gasteiger partial charge in [0.25, 0.3) is 5.91 Å². The fraction of sp³-hybridized carbons (Fsp3) is 0.185. The number of amides is 2. The molecule has 0 aliphatic carbocycles. The molecule has 2 amide bonds. The smallest absolute Gasteiger partial charge is 0.251 e. The van der Waals surface area contributed by atoms with Crippen molar-refractivity contribution in [1.82, 2.24) is 4.90 Å². The molecule has 0 unspecified atom stereocenters. The van der Waals surface area contributed by atoms with Crippen LogP contribution in [0.5, 0.6) is 17.2 Å². The van der Waals surface area contributed by atoms with Gasteiger partial charge in [-0.05, 0) is 60.5 Å². The Morgan fingerprint density at radius 3 is 2.41 bits per heavy atom. The maximum absolute atomic E-state index is 13.3. The average Bonchev–Trinajstić information content (AvgIpc) is 3.32. The van der Waals surface area contributed by atoms with Crippen LogP contribution in [-0.4, -0.2) is 37.7 Å². The van der Waals surface area contributed by atoms with Gasteiger partial charge in [0.05, 0.1) is 7.11 Å². The van der Waals surface area contributed by atoms with Crippen LogP contribution in [0, 0.1) is 6.92 Å². The number of benzene rings is 3. The van der Waals surface area contributed by atoms with Crippen LogP contribution < -0.4 is 19.5 Å². The van der Waals surface area contributed by atoms with Gasteiger partial charge in [0.1, 0.15) is 11.8 Å². The number of anilines is 1. The Hall–Kier alpha value is -4.26. The SMILES string of the molecule is COc1ccc(NC(=O)[C@@H](c2ccc(C)cc2)N(C)C(=O)/C=C\c2ccc3c(c2)OCO3)cc1. The lowest BCUT2D eigenvalue weighted by molar-refractivity contribution is -0.133. The molecule has 174 valence electrons. The highest BCUT2D eigenvalue weighted by atomic mass is 16.7. The van der Waals surface area contributed by atoms with E-state index in [0.717, 1.165) is 11.1 Å². The second-order valence-electron chi connectivity index (χ2n) is 7.93. The lowest BCUT2D eigenvalue weighted by Crippen LogP contribution is -2.37. The number of hydrogen-bond acceptors (Lipinski definition) is 5. The second kappa shape index (κ2) is 10.1. The predicted molar refractivity (Wildman–Crippen MR) is 130 cm³/mol. The van der Waals surface area contributed by atoms with Crippen LogP contribution in [0.3, 0.4) is 0 Å². The molecule has 4 rings (SSSR count). The third-order valence-corrected chi connectivity index (χ3v) is 5.55. The molecule has 3 aromatic carbocycles. The third kappa shape index (κ3) is 5.20. The zero-order chi connectivity index (χ0) is 24.1. The highest BCUT2D eigenvalue weighted by Crippen LogP contribution is 2.33. The van der Waals surface area contributed by atoms with Crippen molar-refractivity contribution in [2.75, 3.05) is 26.3 Å². The summed E-state index contributed by atoms with van der Waals surface area (Å²) in [6.45, 7) is 2.16. The number of methoxy groups -OCH3 is 1. The standard InChI is InChI=1S/C27H26N2O5/c1-18-4-8-20(9-5-18)26(27(31)28-21-10-12-22(32-3)13-11-21)29(2)25(30)15-7-19-6-14-23-24(16-19)34-17-33-23/h4-16,26H,17H2,1-3H3,(H,28,31)/b15-7-/t26-/m1/s1. The van der Waals surface area contributed by atoms with E-state index in [1.807, 2.05) is 37.3 Å². The number of likely N-dealkylation sites (N-methyl/N-ethyl adjacent to an activating group) is 1. The summed E-state index contributed by atoms with van der Waals surface area (Å²) >= 11 is 0. The Kier molecular flexibility index (Phi) is 6.82. The van der Waals surface area contributed by atoms with Gasteiger partial charge in [-0.3, -0.25) is 9.59 Å². The Bertz CT molecular complexity index is 1200. The molecule has 3 aromatic rings. The molecule has 7 nitrogen and oxygen atoms in total. The highest BCUT2D eigenvalue weighted by molar-refractivity contribution is 6.00. The molecule has 0 radical (unpaired) electrons. The Labute approximate surface area is 198 Å². The van der Waals surface area contributed by atoms with E-state index >= 15 is 0 Å². The molecule has 0 spiro atoms. The van der Waals surface area contributed by atoms with Crippen LogP contribution in [0.15, 0.2) is 72.8 Å². The monoisotopic (exact) mass is 458 g/mol. The van der Waals surface area contributed by atoms with E-state index in [-0.39, 0.29) is 18.6 Å². The summed E-state index contributed by atoms with van der Waals surface area (Å²) in [5, 5.41) is 2.90. The van der Waals surface area contributed by atoms with Gasteiger partial charge >= 0.3 is 0 Å². The van der Waals surface area contributed by atoms with Crippen LogP contribution in [0.2, 0.25) is 0 Å². The second-order valence-corrected chi connectivity index (χ2v) is 7.93. The van der Waals surface area contributed by atoms with E-state index in [4.69, 9.17) is 14.2 Å². The number of fused-ring (bicyclic) bond motifs is 1. The molecule has 7 heteroatoms. The Balaban J connectivity index is 1.55. The first-order valence-electron chi connectivity index (χ1n) is 10.8. The Morgan fingerprint density at radius 2 is 1.71 bits per heavy atom. The summed E-state index contributed by atoms with van der Waals surface area (Å²) in [4.78, 5) is 27.8. The van der Waals surface area contributed by atoms with Crippen molar-refractivity contribution in [2.45, 2.75) is 13.0 Å². The fourth-order valence-corrected chi connectivity index (χ4v) is 3.61. The van der Waals surface area contributed by atoms with Gasteiger partial charge in [-0.15, -0.1) is 0 Å². The zero-order valence-electron chi connectivity index (χ0n) is 19.3. The van der Waals surface area contributed by atoms with E-state index in [1.54, 1.807) is 56.6 Å². The molecule has 0 aromatic heterocycles. The van der Waals surface area contributed by atoms with E-state index < -0.39 is 6.04 Å². The number of carbonyl (C=O) groups is 2. The summed E-state index contributed by atoms with van der Waals surface area (Å²) in [7, 11) is 3.20. The maximum atomic E-state index is 13.3. The van der Waals surface area contributed by atoms with Crippen LogP contribution >= 0.6 is 0 Å². The first-order valence-corrected chi connectivity index (χ1v) is 10.8. The number of ether oxygens (including phenoxy) is 3. The van der Waals surface area contributed by atoms with E-state index in [2.05, 4.69) is 5.32 Å². The average molecular weight is 459 g/mol. The lowest BCUT2D eigenvalue weighted by Gasteiger charge is -2.27. The maximum Gasteiger partial charge on any atom is 0.251 e. The molecule has 34 heavy (non-hydrogen) atoms.